The van der Waals surface area contributed by atoms with Crippen molar-refractivity contribution in [1.29, 1.82) is 0 Å². The van der Waals surface area contributed by atoms with Crippen LogP contribution in [0.5, 0.6) is 0 Å². The Hall–Kier alpha value is -0.610. The molecule has 4 heteroatoms. The Morgan fingerprint density at radius 2 is 2.12 bits per heavy atom. The Morgan fingerprint density at radius 3 is 2.82 bits per heavy atom. The lowest BCUT2D eigenvalue weighted by Gasteiger charge is -2.32. The second kappa shape index (κ2) is 6.36. The first-order valence-electron chi connectivity index (χ1n) is 6.89. The summed E-state index contributed by atoms with van der Waals surface area (Å²) >= 11 is 0. The summed E-state index contributed by atoms with van der Waals surface area (Å²) in [7, 11) is 0. The average molecular weight is 240 g/mol. The molecule has 0 aromatic carbocycles. The van der Waals surface area contributed by atoms with Gasteiger partial charge in [-0.25, -0.2) is 0 Å². The fraction of sp³-hybridized carbons (Fsp3) is 0.923. The van der Waals surface area contributed by atoms with Gasteiger partial charge >= 0.3 is 0 Å². The van der Waals surface area contributed by atoms with Gasteiger partial charge in [0, 0.05) is 19.7 Å². The smallest absolute Gasteiger partial charge is 0.236 e. The molecule has 1 amide bonds. The SMILES string of the molecule is O=C(CNCC1CC1)N1CCCC(CCO)C1. The van der Waals surface area contributed by atoms with Crippen molar-refractivity contribution in [2.24, 2.45) is 11.8 Å². The highest BCUT2D eigenvalue weighted by molar-refractivity contribution is 5.78. The number of aliphatic hydroxyl groups excluding tert-OH is 1. The topological polar surface area (TPSA) is 52.6 Å². The van der Waals surface area contributed by atoms with E-state index in [2.05, 4.69) is 5.32 Å². The van der Waals surface area contributed by atoms with Crippen LogP contribution in [0.15, 0.2) is 0 Å². The number of piperidine rings is 1. The second-order valence-corrected chi connectivity index (χ2v) is 5.43. The van der Waals surface area contributed by atoms with Crippen LogP contribution >= 0.6 is 0 Å². The van der Waals surface area contributed by atoms with Gasteiger partial charge in [0.1, 0.15) is 0 Å². The van der Waals surface area contributed by atoms with Crippen LogP contribution in [0, 0.1) is 11.8 Å². The van der Waals surface area contributed by atoms with Gasteiger partial charge in [-0.05, 0) is 50.5 Å². The molecule has 1 aliphatic carbocycles. The average Bonchev–Trinajstić information content (AvgIpc) is 3.14. The van der Waals surface area contributed by atoms with Gasteiger partial charge in [0.05, 0.1) is 6.54 Å². The molecule has 2 rings (SSSR count). The number of hydrogen-bond donors (Lipinski definition) is 2. The lowest BCUT2D eigenvalue weighted by Crippen LogP contribution is -2.44. The number of rotatable bonds is 6. The number of amides is 1. The van der Waals surface area contributed by atoms with Crippen molar-refractivity contribution in [2.75, 3.05) is 32.8 Å². The van der Waals surface area contributed by atoms with Crippen molar-refractivity contribution in [3.63, 3.8) is 0 Å². The van der Waals surface area contributed by atoms with E-state index in [-0.39, 0.29) is 12.5 Å². The Labute approximate surface area is 103 Å². The first kappa shape index (κ1) is 12.8. The van der Waals surface area contributed by atoms with Crippen molar-refractivity contribution >= 4 is 5.91 Å². The van der Waals surface area contributed by atoms with Crippen molar-refractivity contribution in [1.82, 2.24) is 10.2 Å². The van der Waals surface area contributed by atoms with Crippen molar-refractivity contribution in [2.45, 2.75) is 32.1 Å². The molecule has 0 spiro atoms. The Kier molecular flexibility index (Phi) is 4.80. The zero-order chi connectivity index (χ0) is 12.1. The van der Waals surface area contributed by atoms with E-state index in [9.17, 15) is 4.79 Å². The molecule has 1 unspecified atom stereocenters. The largest absolute Gasteiger partial charge is 0.396 e. The maximum atomic E-state index is 12.0. The second-order valence-electron chi connectivity index (χ2n) is 5.43. The zero-order valence-electron chi connectivity index (χ0n) is 10.5. The molecule has 1 heterocycles. The number of aliphatic hydroxyl groups is 1. The number of carbonyl (C=O) groups is 1. The van der Waals surface area contributed by atoms with Gasteiger partial charge in [0.15, 0.2) is 0 Å². The fourth-order valence-electron chi connectivity index (χ4n) is 2.53. The molecule has 4 nitrogen and oxygen atoms in total. The monoisotopic (exact) mass is 240 g/mol. The van der Waals surface area contributed by atoms with Crippen LogP contribution in [0.2, 0.25) is 0 Å². The van der Waals surface area contributed by atoms with E-state index in [4.69, 9.17) is 5.11 Å². The van der Waals surface area contributed by atoms with Crippen LogP contribution < -0.4 is 5.32 Å². The molecule has 0 radical (unpaired) electrons. The maximum Gasteiger partial charge on any atom is 0.236 e. The summed E-state index contributed by atoms with van der Waals surface area (Å²) < 4.78 is 0. The standard InChI is InChI=1S/C13H24N2O2/c16-7-5-12-2-1-6-15(10-12)13(17)9-14-8-11-3-4-11/h11-12,14,16H,1-10H2. The van der Waals surface area contributed by atoms with E-state index in [1.807, 2.05) is 4.90 Å². The summed E-state index contributed by atoms with van der Waals surface area (Å²) in [5, 5.41) is 12.2. The maximum absolute atomic E-state index is 12.0. The first-order chi connectivity index (χ1) is 8.29. The number of nitrogens with one attached hydrogen (secondary N) is 1. The molecule has 0 aromatic rings. The summed E-state index contributed by atoms with van der Waals surface area (Å²) in [6.07, 6.45) is 5.71. The normalized spacial score (nSPS) is 25.0. The van der Waals surface area contributed by atoms with Gasteiger partial charge in [0.25, 0.3) is 0 Å². The minimum atomic E-state index is 0.230. The van der Waals surface area contributed by atoms with E-state index in [0.717, 1.165) is 44.8 Å². The lowest BCUT2D eigenvalue weighted by atomic mass is 9.95. The Morgan fingerprint density at radius 1 is 1.29 bits per heavy atom. The molecule has 2 N–H and O–H groups in total. The van der Waals surface area contributed by atoms with Crippen molar-refractivity contribution in [3.8, 4) is 0 Å². The zero-order valence-corrected chi connectivity index (χ0v) is 10.5. The van der Waals surface area contributed by atoms with Gasteiger partial charge in [-0.1, -0.05) is 0 Å². The van der Waals surface area contributed by atoms with Crippen LogP contribution in [0.3, 0.4) is 0 Å². The van der Waals surface area contributed by atoms with Crippen molar-refractivity contribution in [3.05, 3.63) is 0 Å². The van der Waals surface area contributed by atoms with Gasteiger partial charge < -0.3 is 15.3 Å². The van der Waals surface area contributed by atoms with Gasteiger partial charge in [-0.2, -0.15) is 0 Å². The van der Waals surface area contributed by atoms with E-state index >= 15 is 0 Å². The van der Waals surface area contributed by atoms with E-state index < -0.39 is 0 Å². The van der Waals surface area contributed by atoms with Crippen LogP contribution in [0.1, 0.15) is 32.1 Å². The molecule has 0 bridgehead atoms. The highest BCUT2D eigenvalue weighted by Crippen LogP contribution is 2.27. The van der Waals surface area contributed by atoms with Gasteiger partial charge in [0.2, 0.25) is 5.91 Å². The predicted molar refractivity (Wildman–Crippen MR) is 66.6 cm³/mol. The number of likely N-dealkylation sites (tertiary alicyclic amines) is 1. The molecule has 1 saturated heterocycles. The number of nitrogens with zero attached hydrogens (tertiary/aromatic N) is 1. The fourth-order valence-corrected chi connectivity index (χ4v) is 2.53. The van der Waals surface area contributed by atoms with E-state index in [0.29, 0.717) is 12.5 Å². The molecule has 2 aliphatic rings. The highest BCUT2D eigenvalue weighted by atomic mass is 16.3. The van der Waals surface area contributed by atoms with E-state index in [1.54, 1.807) is 0 Å². The number of carbonyl (C=O) groups excluding carboxylic acids is 1. The predicted octanol–water partition coefficient (Wildman–Crippen LogP) is 0.607. The molecule has 1 saturated carbocycles. The molecule has 2 fully saturated rings. The summed E-state index contributed by atoms with van der Waals surface area (Å²) in [6.45, 7) is 3.46. The first-order valence-corrected chi connectivity index (χ1v) is 6.89. The van der Waals surface area contributed by atoms with Crippen molar-refractivity contribution < 1.29 is 9.90 Å². The minimum absolute atomic E-state index is 0.230. The van der Waals surface area contributed by atoms with Crippen LogP contribution in [0.25, 0.3) is 0 Å². The highest BCUT2D eigenvalue weighted by Gasteiger charge is 2.24. The molecule has 98 valence electrons. The molecular weight excluding hydrogens is 216 g/mol. The molecule has 17 heavy (non-hydrogen) atoms. The Balaban J connectivity index is 1.65. The molecule has 0 aromatic heterocycles. The Bertz CT molecular complexity index is 252. The van der Waals surface area contributed by atoms with Gasteiger partial charge in [-0.15, -0.1) is 0 Å². The third-order valence-electron chi connectivity index (χ3n) is 3.82. The molecule has 1 atom stereocenters. The third kappa shape index (κ3) is 4.28. The quantitative estimate of drug-likeness (QED) is 0.715. The summed E-state index contributed by atoms with van der Waals surface area (Å²) in [5.41, 5.74) is 0. The third-order valence-corrected chi connectivity index (χ3v) is 3.82. The summed E-state index contributed by atoms with van der Waals surface area (Å²) in [6, 6.07) is 0. The number of hydrogen-bond acceptors (Lipinski definition) is 3. The lowest BCUT2D eigenvalue weighted by molar-refractivity contribution is -0.132. The van der Waals surface area contributed by atoms with Crippen LogP contribution in [-0.2, 0) is 4.79 Å². The molecule has 1 aliphatic heterocycles. The summed E-state index contributed by atoms with van der Waals surface area (Å²) in [5.74, 6) is 1.56. The molecular formula is C13H24N2O2. The van der Waals surface area contributed by atoms with E-state index in [1.165, 1.54) is 12.8 Å². The van der Waals surface area contributed by atoms with Crippen LogP contribution in [0.4, 0.5) is 0 Å². The summed E-state index contributed by atoms with van der Waals surface area (Å²) in [4.78, 5) is 13.9. The van der Waals surface area contributed by atoms with Gasteiger partial charge in [-0.3, -0.25) is 4.79 Å². The minimum Gasteiger partial charge on any atom is -0.396 e. The van der Waals surface area contributed by atoms with Crippen LogP contribution in [-0.4, -0.2) is 48.7 Å².